The highest BCUT2D eigenvalue weighted by molar-refractivity contribution is 7.99. The van der Waals surface area contributed by atoms with E-state index in [1.807, 2.05) is 30.0 Å². The molecule has 1 heterocycles. The van der Waals surface area contributed by atoms with Gasteiger partial charge in [-0.1, -0.05) is 17.7 Å². The first-order valence-corrected chi connectivity index (χ1v) is 6.91. The van der Waals surface area contributed by atoms with E-state index < -0.39 is 0 Å². The largest absolute Gasteiger partial charge is 0.398 e. The molecule has 1 aromatic rings. The van der Waals surface area contributed by atoms with Crippen molar-refractivity contribution in [3.63, 3.8) is 0 Å². The Kier molecular flexibility index (Phi) is 4.38. The number of rotatable bonds is 3. The summed E-state index contributed by atoms with van der Waals surface area (Å²) in [6, 6.07) is 5.74. The molecule has 0 radical (unpaired) electrons. The Bertz CT molecular complexity index is 353. The highest BCUT2D eigenvalue weighted by atomic mass is 35.5. The molecule has 1 saturated heterocycles. The molecule has 1 aliphatic heterocycles. The van der Waals surface area contributed by atoms with Crippen LogP contribution in [0.3, 0.4) is 0 Å². The van der Waals surface area contributed by atoms with Crippen molar-refractivity contribution in [2.24, 2.45) is 0 Å². The maximum Gasteiger partial charge on any atom is 0.0476 e. The molecule has 0 bridgehead atoms. The molecule has 2 rings (SSSR count). The molecule has 0 aliphatic carbocycles. The lowest BCUT2D eigenvalue weighted by atomic mass is 10.2. The van der Waals surface area contributed by atoms with Crippen LogP contribution in [0.4, 0.5) is 5.69 Å². The van der Waals surface area contributed by atoms with Crippen LogP contribution >= 0.6 is 23.4 Å². The number of thioether (sulfide) groups is 1. The number of nitrogen functional groups attached to an aromatic ring is 1. The van der Waals surface area contributed by atoms with Crippen molar-refractivity contribution in [3.8, 4) is 0 Å². The van der Waals surface area contributed by atoms with E-state index in [-0.39, 0.29) is 0 Å². The normalized spacial score (nSPS) is 17.6. The van der Waals surface area contributed by atoms with Crippen molar-refractivity contribution in [3.05, 3.63) is 28.8 Å². The van der Waals surface area contributed by atoms with Gasteiger partial charge in [0.05, 0.1) is 0 Å². The molecule has 0 amide bonds. The second-order valence-electron chi connectivity index (χ2n) is 3.97. The molecule has 1 aromatic carbocycles. The van der Waals surface area contributed by atoms with Crippen LogP contribution in [0.1, 0.15) is 18.4 Å². The Balaban J connectivity index is 1.88. The summed E-state index contributed by atoms with van der Waals surface area (Å²) < 4.78 is 5.34. The Hall–Kier alpha value is -0.380. The minimum atomic E-state index is 0.706. The smallest absolute Gasteiger partial charge is 0.0476 e. The number of hydrogen-bond donors (Lipinski definition) is 1. The van der Waals surface area contributed by atoms with Crippen LogP contribution in [-0.2, 0) is 10.5 Å². The molecular formula is C12H16ClNOS. The fourth-order valence-electron chi connectivity index (χ4n) is 1.75. The zero-order chi connectivity index (χ0) is 11.4. The van der Waals surface area contributed by atoms with E-state index in [1.54, 1.807) is 0 Å². The van der Waals surface area contributed by atoms with Crippen molar-refractivity contribution in [2.75, 3.05) is 18.9 Å². The third kappa shape index (κ3) is 3.30. The standard InChI is InChI=1S/C12H16ClNOS/c13-10-2-1-9(12(14)7-10)8-16-11-3-5-15-6-4-11/h1-2,7,11H,3-6,8,14H2. The van der Waals surface area contributed by atoms with Gasteiger partial charge in [0, 0.05) is 34.9 Å². The second kappa shape index (κ2) is 5.80. The molecular weight excluding hydrogens is 242 g/mol. The van der Waals surface area contributed by atoms with Gasteiger partial charge in [-0.3, -0.25) is 0 Å². The quantitative estimate of drug-likeness (QED) is 0.844. The summed E-state index contributed by atoms with van der Waals surface area (Å²) in [6.07, 6.45) is 2.30. The maximum atomic E-state index is 5.91. The number of ether oxygens (including phenoxy) is 1. The fourth-order valence-corrected chi connectivity index (χ4v) is 3.13. The van der Waals surface area contributed by atoms with Gasteiger partial charge in [0.1, 0.15) is 0 Å². The number of nitrogens with two attached hydrogens (primary N) is 1. The molecule has 0 saturated carbocycles. The minimum Gasteiger partial charge on any atom is -0.398 e. The van der Waals surface area contributed by atoms with Crippen molar-refractivity contribution >= 4 is 29.1 Å². The van der Waals surface area contributed by atoms with E-state index in [4.69, 9.17) is 22.1 Å². The average molecular weight is 258 g/mol. The summed E-state index contributed by atoms with van der Waals surface area (Å²) in [4.78, 5) is 0. The van der Waals surface area contributed by atoms with Gasteiger partial charge >= 0.3 is 0 Å². The molecule has 2 nitrogen and oxygen atoms in total. The number of halogens is 1. The number of hydrogen-bond acceptors (Lipinski definition) is 3. The van der Waals surface area contributed by atoms with E-state index in [0.29, 0.717) is 10.3 Å². The molecule has 1 aliphatic rings. The van der Waals surface area contributed by atoms with E-state index in [9.17, 15) is 0 Å². The van der Waals surface area contributed by atoms with Crippen LogP contribution in [0.15, 0.2) is 18.2 Å². The van der Waals surface area contributed by atoms with Crippen LogP contribution in [0.25, 0.3) is 0 Å². The Morgan fingerprint density at radius 3 is 2.81 bits per heavy atom. The van der Waals surface area contributed by atoms with E-state index >= 15 is 0 Å². The first kappa shape index (κ1) is 12.1. The molecule has 0 aromatic heterocycles. The van der Waals surface area contributed by atoms with Crippen molar-refractivity contribution < 1.29 is 4.74 Å². The minimum absolute atomic E-state index is 0.706. The van der Waals surface area contributed by atoms with Gasteiger partial charge in [0.2, 0.25) is 0 Å². The lowest BCUT2D eigenvalue weighted by Gasteiger charge is -2.21. The van der Waals surface area contributed by atoms with Gasteiger partial charge in [-0.05, 0) is 30.5 Å². The van der Waals surface area contributed by atoms with Gasteiger partial charge in [-0.2, -0.15) is 11.8 Å². The highest BCUT2D eigenvalue weighted by Gasteiger charge is 2.14. The summed E-state index contributed by atoms with van der Waals surface area (Å²) >= 11 is 7.83. The molecule has 4 heteroatoms. The van der Waals surface area contributed by atoms with E-state index in [1.165, 1.54) is 5.56 Å². The van der Waals surface area contributed by atoms with Gasteiger partial charge in [-0.15, -0.1) is 0 Å². The summed E-state index contributed by atoms with van der Waals surface area (Å²) in [6.45, 7) is 1.79. The average Bonchev–Trinajstić information content (AvgIpc) is 2.29. The lowest BCUT2D eigenvalue weighted by molar-refractivity contribution is 0.1000. The predicted molar refractivity (Wildman–Crippen MR) is 71.0 cm³/mol. The van der Waals surface area contributed by atoms with Gasteiger partial charge in [0.15, 0.2) is 0 Å². The molecule has 0 spiro atoms. The summed E-state index contributed by atoms with van der Waals surface area (Å²) in [5.41, 5.74) is 7.89. The third-order valence-electron chi connectivity index (χ3n) is 2.75. The van der Waals surface area contributed by atoms with Crippen molar-refractivity contribution in [2.45, 2.75) is 23.8 Å². The Labute approximate surface area is 105 Å². The maximum absolute atomic E-state index is 5.91. The van der Waals surface area contributed by atoms with Gasteiger partial charge < -0.3 is 10.5 Å². The van der Waals surface area contributed by atoms with Gasteiger partial charge in [-0.25, -0.2) is 0 Å². The van der Waals surface area contributed by atoms with Crippen LogP contribution in [-0.4, -0.2) is 18.5 Å². The Morgan fingerprint density at radius 1 is 1.38 bits per heavy atom. The lowest BCUT2D eigenvalue weighted by Crippen LogP contribution is -2.17. The summed E-state index contributed by atoms with van der Waals surface area (Å²) in [5, 5.41) is 1.42. The predicted octanol–water partition coefficient (Wildman–Crippen LogP) is 3.33. The van der Waals surface area contributed by atoms with Crippen molar-refractivity contribution in [1.29, 1.82) is 0 Å². The number of benzene rings is 1. The Morgan fingerprint density at radius 2 is 2.12 bits per heavy atom. The van der Waals surface area contributed by atoms with Crippen LogP contribution in [0.2, 0.25) is 5.02 Å². The number of anilines is 1. The van der Waals surface area contributed by atoms with Crippen molar-refractivity contribution in [1.82, 2.24) is 0 Å². The third-order valence-corrected chi connectivity index (χ3v) is 4.41. The first-order chi connectivity index (χ1) is 7.75. The van der Waals surface area contributed by atoms with Gasteiger partial charge in [0.25, 0.3) is 0 Å². The van der Waals surface area contributed by atoms with E-state index in [2.05, 4.69) is 0 Å². The van der Waals surface area contributed by atoms with Crippen LogP contribution < -0.4 is 5.73 Å². The highest BCUT2D eigenvalue weighted by Crippen LogP contribution is 2.28. The molecule has 0 atom stereocenters. The molecule has 16 heavy (non-hydrogen) atoms. The first-order valence-electron chi connectivity index (χ1n) is 5.49. The molecule has 2 N–H and O–H groups in total. The summed E-state index contributed by atoms with van der Waals surface area (Å²) in [5.74, 6) is 0.966. The second-order valence-corrected chi connectivity index (χ2v) is 5.69. The molecule has 88 valence electrons. The molecule has 0 unspecified atom stereocenters. The fraction of sp³-hybridized carbons (Fsp3) is 0.500. The zero-order valence-electron chi connectivity index (χ0n) is 9.12. The SMILES string of the molecule is Nc1cc(Cl)ccc1CSC1CCOCC1. The summed E-state index contributed by atoms with van der Waals surface area (Å²) in [7, 11) is 0. The van der Waals surface area contributed by atoms with Crippen LogP contribution in [0, 0.1) is 0 Å². The molecule has 1 fully saturated rings. The topological polar surface area (TPSA) is 35.2 Å². The zero-order valence-corrected chi connectivity index (χ0v) is 10.7. The monoisotopic (exact) mass is 257 g/mol. The van der Waals surface area contributed by atoms with E-state index in [0.717, 1.165) is 37.5 Å². The van der Waals surface area contributed by atoms with Crippen LogP contribution in [0.5, 0.6) is 0 Å².